The van der Waals surface area contributed by atoms with Gasteiger partial charge in [0.25, 0.3) is 0 Å². The fraction of sp³-hybridized carbons (Fsp3) is 0.857. The highest BCUT2D eigenvalue weighted by atomic mass is 16.5. The molecule has 2 atom stereocenters. The second-order valence-corrected chi connectivity index (χ2v) is 5.70. The van der Waals surface area contributed by atoms with E-state index in [2.05, 4.69) is 5.32 Å². The minimum Gasteiger partial charge on any atom is -0.481 e. The molecule has 0 aromatic heterocycles. The van der Waals surface area contributed by atoms with Crippen molar-refractivity contribution < 1.29 is 19.4 Å². The first-order valence-electron chi connectivity index (χ1n) is 6.95. The Morgan fingerprint density at radius 3 is 2.37 bits per heavy atom. The highest BCUT2D eigenvalue weighted by Gasteiger charge is 2.42. The van der Waals surface area contributed by atoms with Gasteiger partial charge >= 0.3 is 5.97 Å². The largest absolute Gasteiger partial charge is 0.481 e. The number of aliphatic carboxylic acids is 1. The van der Waals surface area contributed by atoms with Crippen molar-refractivity contribution in [2.45, 2.75) is 65.0 Å². The number of nitrogens with one attached hydrogen (secondary N) is 1. The fourth-order valence-electron chi connectivity index (χ4n) is 2.55. The fourth-order valence-corrected chi connectivity index (χ4v) is 2.55. The van der Waals surface area contributed by atoms with E-state index >= 15 is 0 Å². The van der Waals surface area contributed by atoms with Crippen LogP contribution in [-0.2, 0) is 14.3 Å². The maximum atomic E-state index is 12.2. The van der Waals surface area contributed by atoms with Gasteiger partial charge in [0.2, 0.25) is 5.91 Å². The zero-order valence-corrected chi connectivity index (χ0v) is 12.3. The van der Waals surface area contributed by atoms with Crippen LogP contribution in [0.2, 0.25) is 0 Å². The standard InChI is InChI=1S/C14H25NO4/c1-5-14(6-2,12(17)18)9-11(16)15-13(4)7-8-19-10(13)3/h10H,5-9H2,1-4H3,(H,15,16)(H,17,18). The molecule has 1 amide bonds. The normalized spacial score (nSPS) is 27.3. The Morgan fingerprint density at radius 1 is 1.42 bits per heavy atom. The molecular formula is C14H25NO4. The zero-order chi connectivity index (χ0) is 14.7. The Hall–Kier alpha value is -1.10. The van der Waals surface area contributed by atoms with Crippen molar-refractivity contribution in [3.63, 3.8) is 0 Å². The van der Waals surface area contributed by atoms with E-state index in [-0.39, 0.29) is 24.0 Å². The molecule has 1 aliphatic heterocycles. The molecule has 0 aromatic rings. The number of ether oxygens (including phenoxy) is 1. The van der Waals surface area contributed by atoms with Crippen molar-refractivity contribution >= 4 is 11.9 Å². The van der Waals surface area contributed by atoms with Crippen LogP contribution in [0.3, 0.4) is 0 Å². The lowest BCUT2D eigenvalue weighted by atomic mass is 9.78. The molecule has 0 radical (unpaired) electrons. The van der Waals surface area contributed by atoms with Gasteiger partial charge in [-0.2, -0.15) is 0 Å². The van der Waals surface area contributed by atoms with Crippen LogP contribution in [0.4, 0.5) is 0 Å². The third kappa shape index (κ3) is 3.26. The van der Waals surface area contributed by atoms with E-state index in [9.17, 15) is 14.7 Å². The molecule has 0 bridgehead atoms. The van der Waals surface area contributed by atoms with Gasteiger partial charge < -0.3 is 15.2 Å². The van der Waals surface area contributed by atoms with Crippen molar-refractivity contribution in [3.05, 3.63) is 0 Å². The van der Waals surface area contributed by atoms with Crippen LogP contribution >= 0.6 is 0 Å². The van der Waals surface area contributed by atoms with Crippen molar-refractivity contribution in [1.82, 2.24) is 5.32 Å². The van der Waals surface area contributed by atoms with Gasteiger partial charge in [-0.1, -0.05) is 13.8 Å². The van der Waals surface area contributed by atoms with Gasteiger partial charge in [-0.25, -0.2) is 0 Å². The summed E-state index contributed by atoms with van der Waals surface area (Å²) in [5.74, 6) is -1.10. The lowest BCUT2D eigenvalue weighted by Gasteiger charge is -2.32. The Morgan fingerprint density at radius 2 is 2.00 bits per heavy atom. The maximum Gasteiger partial charge on any atom is 0.310 e. The first kappa shape index (κ1) is 16.0. The summed E-state index contributed by atoms with van der Waals surface area (Å²) in [6.45, 7) is 8.13. The molecule has 1 rings (SSSR count). The van der Waals surface area contributed by atoms with Crippen molar-refractivity contribution in [1.29, 1.82) is 0 Å². The second-order valence-electron chi connectivity index (χ2n) is 5.70. The Kier molecular flexibility index (Phi) is 4.96. The number of hydrogen-bond acceptors (Lipinski definition) is 3. The van der Waals surface area contributed by atoms with Gasteiger partial charge in [0.1, 0.15) is 0 Å². The molecule has 0 spiro atoms. The van der Waals surface area contributed by atoms with Gasteiger partial charge in [-0.15, -0.1) is 0 Å². The average molecular weight is 271 g/mol. The summed E-state index contributed by atoms with van der Waals surface area (Å²) in [6.07, 6.45) is 1.65. The summed E-state index contributed by atoms with van der Waals surface area (Å²) < 4.78 is 5.47. The van der Waals surface area contributed by atoms with E-state index in [0.717, 1.165) is 6.42 Å². The summed E-state index contributed by atoms with van der Waals surface area (Å²) in [4.78, 5) is 23.6. The lowest BCUT2D eigenvalue weighted by Crippen LogP contribution is -2.52. The van der Waals surface area contributed by atoms with Crippen LogP contribution in [0.1, 0.15) is 53.4 Å². The van der Waals surface area contributed by atoms with E-state index < -0.39 is 11.4 Å². The lowest BCUT2D eigenvalue weighted by molar-refractivity contribution is -0.152. The molecule has 2 unspecified atom stereocenters. The summed E-state index contributed by atoms with van der Waals surface area (Å²) in [6, 6.07) is 0. The van der Waals surface area contributed by atoms with E-state index in [1.807, 2.05) is 27.7 Å². The van der Waals surface area contributed by atoms with Crippen LogP contribution in [0.25, 0.3) is 0 Å². The van der Waals surface area contributed by atoms with Crippen LogP contribution < -0.4 is 5.32 Å². The van der Waals surface area contributed by atoms with E-state index in [1.54, 1.807) is 0 Å². The average Bonchev–Trinajstić information content (AvgIpc) is 2.66. The Labute approximate surface area is 114 Å². The first-order valence-corrected chi connectivity index (χ1v) is 6.95. The van der Waals surface area contributed by atoms with Crippen LogP contribution in [-0.4, -0.2) is 35.2 Å². The molecule has 5 nitrogen and oxygen atoms in total. The molecule has 1 fully saturated rings. The first-order chi connectivity index (χ1) is 8.79. The number of carbonyl (C=O) groups excluding carboxylic acids is 1. The van der Waals surface area contributed by atoms with Gasteiger partial charge in [0.15, 0.2) is 0 Å². The monoisotopic (exact) mass is 271 g/mol. The molecule has 19 heavy (non-hydrogen) atoms. The summed E-state index contributed by atoms with van der Waals surface area (Å²) in [7, 11) is 0. The van der Waals surface area contributed by atoms with Crippen LogP contribution in [0.15, 0.2) is 0 Å². The summed E-state index contributed by atoms with van der Waals surface area (Å²) in [5, 5.41) is 12.3. The van der Waals surface area contributed by atoms with Gasteiger partial charge in [-0.3, -0.25) is 9.59 Å². The molecule has 5 heteroatoms. The predicted molar refractivity (Wildman–Crippen MR) is 71.8 cm³/mol. The van der Waals surface area contributed by atoms with Crippen molar-refractivity contribution in [2.24, 2.45) is 5.41 Å². The number of carbonyl (C=O) groups is 2. The number of hydrogen-bond donors (Lipinski definition) is 2. The number of rotatable bonds is 6. The zero-order valence-electron chi connectivity index (χ0n) is 12.3. The van der Waals surface area contributed by atoms with Crippen LogP contribution in [0.5, 0.6) is 0 Å². The van der Waals surface area contributed by atoms with Gasteiger partial charge in [-0.05, 0) is 33.1 Å². The minimum absolute atomic E-state index is 0.0254. The minimum atomic E-state index is -0.955. The molecule has 110 valence electrons. The van der Waals surface area contributed by atoms with E-state index in [4.69, 9.17) is 4.74 Å². The summed E-state index contributed by atoms with van der Waals surface area (Å²) in [5.41, 5.74) is -1.34. The SMILES string of the molecule is CCC(CC)(CC(=O)NC1(C)CCOC1C)C(=O)O. The van der Waals surface area contributed by atoms with Crippen molar-refractivity contribution in [3.8, 4) is 0 Å². The predicted octanol–water partition coefficient (Wildman–Crippen LogP) is 1.95. The smallest absolute Gasteiger partial charge is 0.310 e. The Bertz CT molecular complexity index is 351. The molecule has 0 aliphatic carbocycles. The quantitative estimate of drug-likeness (QED) is 0.774. The van der Waals surface area contributed by atoms with E-state index in [0.29, 0.717) is 19.4 Å². The maximum absolute atomic E-state index is 12.2. The third-order valence-corrected chi connectivity index (χ3v) is 4.62. The van der Waals surface area contributed by atoms with Gasteiger partial charge in [0.05, 0.1) is 17.1 Å². The molecule has 1 saturated heterocycles. The topological polar surface area (TPSA) is 75.6 Å². The number of amides is 1. The number of carboxylic acids is 1. The molecule has 1 aliphatic rings. The molecule has 2 N–H and O–H groups in total. The number of carboxylic acid groups (broad SMARTS) is 1. The highest BCUT2D eigenvalue weighted by Crippen LogP contribution is 2.32. The van der Waals surface area contributed by atoms with Crippen LogP contribution in [0, 0.1) is 5.41 Å². The molecule has 0 aromatic carbocycles. The molecular weight excluding hydrogens is 246 g/mol. The van der Waals surface area contributed by atoms with E-state index in [1.165, 1.54) is 0 Å². The molecule has 1 heterocycles. The van der Waals surface area contributed by atoms with Gasteiger partial charge in [0, 0.05) is 13.0 Å². The summed E-state index contributed by atoms with van der Waals surface area (Å²) >= 11 is 0. The second kappa shape index (κ2) is 5.90. The third-order valence-electron chi connectivity index (χ3n) is 4.62. The Balaban J connectivity index is 2.71. The molecule has 0 saturated carbocycles. The highest BCUT2D eigenvalue weighted by molar-refractivity contribution is 5.85. The van der Waals surface area contributed by atoms with Crippen molar-refractivity contribution in [2.75, 3.05) is 6.61 Å².